The molecular formula is C13H21NO3S. The molecular weight excluding hydrogens is 250 g/mol. The Morgan fingerprint density at radius 2 is 1.78 bits per heavy atom. The van der Waals surface area contributed by atoms with E-state index in [0.717, 1.165) is 0 Å². The van der Waals surface area contributed by atoms with Gasteiger partial charge in [-0.05, 0) is 24.5 Å². The Labute approximate surface area is 109 Å². The number of sulfone groups is 1. The maximum absolute atomic E-state index is 12.0. The first-order valence-corrected chi connectivity index (χ1v) is 7.69. The lowest BCUT2D eigenvalue weighted by Crippen LogP contribution is -2.40. The van der Waals surface area contributed by atoms with Gasteiger partial charge in [0.15, 0.2) is 9.84 Å². The first-order valence-electron chi connectivity index (χ1n) is 6.04. The van der Waals surface area contributed by atoms with Gasteiger partial charge in [-0.25, -0.2) is 8.42 Å². The number of aliphatic hydroxyl groups excluding tert-OH is 1. The average molecular weight is 271 g/mol. The third-order valence-electron chi connectivity index (χ3n) is 2.73. The lowest BCUT2D eigenvalue weighted by Gasteiger charge is -2.20. The standard InChI is InChI=1S/C13H21NO3S/c1-10(2)8-12(14)13(15)9-18(16,17)11-6-4-3-5-7-11/h3-7,10,12-13,15H,8-9,14H2,1-2H3. The van der Waals surface area contributed by atoms with E-state index in [-0.39, 0.29) is 10.6 Å². The topological polar surface area (TPSA) is 80.4 Å². The number of benzene rings is 1. The molecule has 3 N–H and O–H groups in total. The largest absolute Gasteiger partial charge is 0.390 e. The first kappa shape index (κ1) is 15.1. The molecule has 102 valence electrons. The van der Waals surface area contributed by atoms with Gasteiger partial charge in [-0.3, -0.25) is 0 Å². The van der Waals surface area contributed by atoms with Crippen molar-refractivity contribution in [2.75, 3.05) is 5.75 Å². The molecule has 0 aliphatic rings. The third kappa shape index (κ3) is 4.40. The van der Waals surface area contributed by atoms with Crippen LogP contribution < -0.4 is 5.73 Å². The average Bonchev–Trinajstić information content (AvgIpc) is 2.28. The van der Waals surface area contributed by atoms with E-state index in [4.69, 9.17) is 5.73 Å². The summed E-state index contributed by atoms with van der Waals surface area (Å²) < 4.78 is 24.0. The van der Waals surface area contributed by atoms with E-state index < -0.39 is 22.0 Å². The van der Waals surface area contributed by atoms with Crippen LogP contribution in [0.2, 0.25) is 0 Å². The van der Waals surface area contributed by atoms with Crippen LogP contribution in [-0.2, 0) is 9.84 Å². The number of rotatable bonds is 6. The van der Waals surface area contributed by atoms with E-state index in [0.29, 0.717) is 12.3 Å². The molecule has 2 atom stereocenters. The maximum Gasteiger partial charge on any atom is 0.180 e. The summed E-state index contributed by atoms with van der Waals surface area (Å²) in [5.74, 6) is -0.000621. The molecule has 18 heavy (non-hydrogen) atoms. The van der Waals surface area contributed by atoms with Crippen molar-refractivity contribution in [3.8, 4) is 0 Å². The van der Waals surface area contributed by atoms with Crippen molar-refractivity contribution < 1.29 is 13.5 Å². The summed E-state index contributed by atoms with van der Waals surface area (Å²) in [6, 6.07) is 7.61. The van der Waals surface area contributed by atoms with Crippen LogP contribution >= 0.6 is 0 Å². The molecule has 0 fully saturated rings. The molecule has 0 heterocycles. The molecule has 0 saturated heterocycles. The summed E-state index contributed by atoms with van der Waals surface area (Å²) >= 11 is 0. The van der Waals surface area contributed by atoms with Gasteiger partial charge in [0.25, 0.3) is 0 Å². The minimum atomic E-state index is -3.47. The Hall–Kier alpha value is -0.910. The SMILES string of the molecule is CC(C)CC(N)C(O)CS(=O)(=O)c1ccccc1. The van der Waals surface area contributed by atoms with Crippen LogP contribution in [0.3, 0.4) is 0 Å². The summed E-state index contributed by atoms with van der Waals surface area (Å²) in [5, 5.41) is 9.86. The van der Waals surface area contributed by atoms with Crippen molar-refractivity contribution in [2.24, 2.45) is 11.7 Å². The lowest BCUT2D eigenvalue weighted by atomic mass is 10.0. The van der Waals surface area contributed by atoms with Crippen molar-refractivity contribution in [1.82, 2.24) is 0 Å². The number of hydrogen-bond acceptors (Lipinski definition) is 4. The molecule has 1 rings (SSSR count). The highest BCUT2D eigenvalue weighted by molar-refractivity contribution is 7.91. The van der Waals surface area contributed by atoms with Crippen LogP contribution in [0.1, 0.15) is 20.3 Å². The molecule has 4 nitrogen and oxygen atoms in total. The second-order valence-electron chi connectivity index (χ2n) is 4.96. The second kappa shape index (κ2) is 6.31. The van der Waals surface area contributed by atoms with Crippen LogP contribution in [0, 0.1) is 5.92 Å². The van der Waals surface area contributed by atoms with Crippen LogP contribution in [-0.4, -0.2) is 31.4 Å². The van der Waals surface area contributed by atoms with E-state index >= 15 is 0 Å². The summed E-state index contributed by atoms with van der Waals surface area (Å²) in [6.07, 6.45) is -0.427. The summed E-state index contributed by atoms with van der Waals surface area (Å²) in [7, 11) is -3.47. The van der Waals surface area contributed by atoms with Crippen LogP contribution in [0.5, 0.6) is 0 Å². The maximum atomic E-state index is 12.0. The van der Waals surface area contributed by atoms with E-state index in [2.05, 4.69) is 0 Å². The fourth-order valence-electron chi connectivity index (χ4n) is 1.77. The molecule has 0 amide bonds. The van der Waals surface area contributed by atoms with Crippen LogP contribution in [0.15, 0.2) is 35.2 Å². The van der Waals surface area contributed by atoms with Crippen molar-refractivity contribution in [3.63, 3.8) is 0 Å². The Morgan fingerprint density at radius 3 is 2.28 bits per heavy atom. The highest BCUT2D eigenvalue weighted by Crippen LogP contribution is 2.14. The van der Waals surface area contributed by atoms with Crippen molar-refractivity contribution in [2.45, 2.75) is 37.3 Å². The highest BCUT2D eigenvalue weighted by atomic mass is 32.2. The van der Waals surface area contributed by atoms with Crippen molar-refractivity contribution in [1.29, 1.82) is 0 Å². The molecule has 0 aliphatic heterocycles. The molecule has 0 radical (unpaired) electrons. The van der Waals surface area contributed by atoms with E-state index in [9.17, 15) is 13.5 Å². The Balaban J connectivity index is 2.72. The Bertz CT molecular complexity index is 456. The number of aliphatic hydroxyl groups is 1. The van der Waals surface area contributed by atoms with Gasteiger partial charge in [-0.15, -0.1) is 0 Å². The highest BCUT2D eigenvalue weighted by Gasteiger charge is 2.24. The van der Waals surface area contributed by atoms with Gasteiger partial charge < -0.3 is 10.8 Å². The third-order valence-corrected chi connectivity index (χ3v) is 4.50. The van der Waals surface area contributed by atoms with Crippen molar-refractivity contribution >= 4 is 9.84 Å². The molecule has 2 unspecified atom stereocenters. The molecule has 0 aliphatic carbocycles. The first-order chi connectivity index (χ1) is 8.33. The van der Waals surface area contributed by atoms with E-state index in [1.807, 2.05) is 13.8 Å². The fraction of sp³-hybridized carbons (Fsp3) is 0.538. The van der Waals surface area contributed by atoms with Gasteiger partial charge in [-0.2, -0.15) is 0 Å². The summed E-state index contributed by atoms with van der Waals surface area (Å²) in [4.78, 5) is 0.223. The number of nitrogens with two attached hydrogens (primary N) is 1. The lowest BCUT2D eigenvalue weighted by molar-refractivity contribution is 0.155. The summed E-state index contributed by atoms with van der Waals surface area (Å²) in [6.45, 7) is 3.97. The van der Waals surface area contributed by atoms with Gasteiger partial charge in [0.2, 0.25) is 0 Å². The normalized spacial score (nSPS) is 15.6. The van der Waals surface area contributed by atoms with Crippen molar-refractivity contribution in [3.05, 3.63) is 30.3 Å². The van der Waals surface area contributed by atoms with Gasteiger partial charge >= 0.3 is 0 Å². The van der Waals surface area contributed by atoms with Crippen LogP contribution in [0.4, 0.5) is 0 Å². The zero-order chi connectivity index (χ0) is 13.8. The zero-order valence-corrected chi connectivity index (χ0v) is 11.6. The molecule has 0 bridgehead atoms. The monoisotopic (exact) mass is 271 g/mol. The predicted molar refractivity (Wildman–Crippen MR) is 71.9 cm³/mol. The fourth-order valence-corrected chi connectivity index (χ4v) is 3.23. The zero-order valence-electron chi connectivity index (χ0n) is 10.8. The summed E-state index contributed by atoms with van der Waals surface area (Å²) in [5.41, 5.74) is 5.79. The van der Waals surface area contributed by atoms with E-state index in [1.165, 1.54) is 12.1 Å². The Kier molecular flexibility index (Phi) is 5.31. The second-order valence-corrected chi connectivity index (χ2v) is 6.99. The van der Waals surface area contributed by atoms with Gasteiger partial charge in [0, 0.05) is 6.04 Å². The molecule has 5 heteroatoms. The number of hydrogen-bond donors (Lipinski definition) is 2. The molecule has 1 aromatic carbocycles. The molecule has 0 saturated carbocycles. The van der Waals surface area contributed by atoms with Gasteiger partial charge in [0.05, 0.1) is 16.8 Å². The van der Waals surface area contributed by atoms with Gasteiger partial charge in [-0.1, -0.05) is 32.0 Å². The molecule has 1 aromatic rings. The van der Waals surface area contributed by atoms with Crippen LogP contribution in [0.25, 0.3) is 0 Å². The quantitative estimate of drug-likeness (QED) is 0.814. The molecule has 0 aromatic heterocycles. The minimum Gasteiger partial charge on any atom is -0.390 e. The van der Waals surface area contributed by atoms with E-state index in [1.54, 1.807) is 18.2 Å². The molecule has 0 spiro atoms. The Morgan fingerprint density at radius 1 is 1.22 bits per heavy atom. The minimum absolute atomic E-state index is 0.223. The van der Waals surface area contributed by atoms with Gasteiger partial charge in [0.1, 0.15) is 0 Å². The predicted octanol–water partition coefficient (Wildman–Crippen LogP) is 1.19. The smallest absolute Gasteiger partial charge is 0.180 e.